The molecular formula is C13H11FN2S. The van der Waals surface area contributed by atoms with E-state index < -0.39 is 0 Å². The third kappa shape index (κ3) is 3.13. The summed E-state index contributed by atoms with van der Waals surface area (Å²) in [5.41, 5.74) is 1.01. The van der Waals surface area contributed by atoms with Crippen molar-refractivity contribution in [1.82, 2.24) is 5.32 Å². The number of halogens is 1. The molecular weight excluding hydrogens is 235 g/mol. The second-order valence-electron chi connectivity index (χ2n) is 3.60. The van der Waals surface area contributed by atoms with Gasteiger partial charge in [-0.1, -0.05) is 6.07 Å². The summed E-state index contributed by atoms with van der Waals surface area (Å²) in [6.07, 6.45) is 0. The van der Waals surface area contributed by atoms with E-state index in [1.165, 1.54) is 17.0 Å². The highest BCUT2D eigenvalue weighted by atomic mass is 32.1. The van der Waals surface area contributed by atoms with Crippen molar-refractivity contribution in [3.63, 3.8) is 0 Å². The van der Waals surface area contributed by atoms with Gasteiger partial charge in [-0.05, 0) is 29.6 Å². The number of nitriles is 1. The van der Waals surface area contributed by atoms with Crippen LogP contribution in [0.2, 0.25) is 0 Å². The standard InChI is InChI=1S/C13H11FN2S/c14-13-4-3-10(7-15)6-11(13)8-16-9-12-2-1-5-17-12/h1-6,16H,8-9H2. The third-order valence-corrected chi connectivity index (χ3v) is 3.25. The van der Waals surface area contributed by atoms with E-state index in [0.717, 1.165) is 0 Å². The number of benzene rings is 1. The van der Waals surface area contributed by atoms with Gasteiger partial charge < -0.3 is 5.32 Å². The molecule has 0 radical (unpaired) electrons. The Kier molecular flexibility index (Phi) is 3.86. The fourth-order valence-electron chi connectivity index (χ4n) is 1.51. The van der Waals surface area contributed by atoms with E-state index in [9.17, 15) is 4.39 Å². The maximum absolute atomic E-state index is 13.4. The Morgan fingerprint density at radius 1 is 1.29 bits per heavy atom. The SMILES string of the molecule is N#Cc1ccc(F)c(CNCc2cccs2)c1. The zero-order valence-electron chi connectivity index (χ0n) is 9.11. The Labute approximate surface area is 103 Å². The molecule has 1 aromatic carbocycles. The molecule has 0 unspecified atom stereocenters. The molecule has 2 nitrogen and oxygen atoms in total. The second kappa shape index (κ2) is 5.58. The molecule has 1 heterocycles. The van der Waals surface area contributed by atoms with Crippen LogP contribution in [-0.4, -0.2) is 0 Å². The fourth-order valence-corrected chi connectivity index (χ4v) is 2.19. The van der Waals surface area contributed by atoms with Gasteiger partial charge in [0.05, 0.1) is 11.6 Å². The molecule has 2 aromatic rings. The van der Waals surface area contributed by atoms with Crippen LogP contribution in [0.1, 0.15) is 16.0 Å². The largest absolute Gasteiger partial charge is 0.308 e. The lowest BCUT2D eigenvalue weighted by Crippen LogP contribution is -2.13. The molecule has 0 spiro atoms. The Morgan fingerprint density at radius 3 is 2.88 bits per heavy atom. The van der Waals surface area contributed by atoms with Crippen molar-refractivity contribution in [2.24, 2.45) is 0 Å². The fraction of sp³-hybridized carbons (Fsp3) is 0.154. The summed E-state index contributed by atoms with van der Waals surface area (Å²) in [6, 6.07) is 10.4. The molecule has 1 aromatic heterocycles. The Balaban J connectivity index is 1.97. The number of thiophene rings is 1. The van der Waals surface area contributed by atoms with Crippen molar-refractivity contribution in [3.05, 3.63) is 57.5 Å². The van der Waals surface area contributed by atoms with Gasteiger partial charge in [-0.15, -0.1) is 11.3 Å². The van der Waals surface area contributed by atoms with Crippen LogP contribution in [-0.2, 0) is 13.1 Å². The van der Waals surface area contributed by atoms with E-state index in [4.69, 9.17) is 5.26 Å². The highest BCUT2D eigenvalue weighted by molar-refractivity contribution is 7.09. The maximum atomic E-state index is 13.4. The summed E-state index contributed by atoms with van der Waals surface area (Å²) in [5, 5.41) is 13.9. The molecule has 0 atom stereocenters. The lowest BCUT2D eigenvalue weighted by Gasteiger charge is -2.05. The first-order valence-corrected chi connectivity index (χ1v) is 6.09. The topological polar surface area (TPSA) is 35.8 Å². The highest BCUT2D eigenvalue weighted by Gasteiger charge is 2.03. The summed E-state index contributed by atoms with van der Waals surface area (Å²) < 4.78 is 13.4. The number of hydrogen-bond acceptors (Lipinski definition) is 3. The van der Waals surface area contributed by atoms with Gasteiger partial charge in [-0.25, -0.2) is 4.39 Å². The summed E-state index contributed by atoms with van der Waals surface area (Å²) in [5.74, 6) is -0.275. The molecule has 0 aliphatic carbocycles. The van der Waals surface area contributed by atoms with Crippen LogP contribution < -0.4 is 5.32 Å². The van der Waals surface area contributed by atoms with Crippen LogP contribution in [0.15, 0.2) is 35.7 Å². The number of rotatable bonds is 4. The van der Waals surface area contributed by atoms with E-state index in [-0.39, 0.29) is 5.82 Å². The van der Waals surface area contributed by atoms with Crippen molar-refractivity contribution in [3.8, 4) is 6.07 Å². The van der Waals surface area contributed by atoms with E-state index >= 15 is 0 Å². The van der Waals surface area contributed by atoms with Gasteiger partial charge in [-0.2, -0.15) is 5.26 Å². The Bertz CT molecular complexity index is 529. The third-order valence-electron chi connectivity index (χ3n) is 2.37. The molecule has 0 aliphatic rings. The molecule has 4 heteroatoms. The molecule has 0 amide bonds. The van der Waals surface area contributed by atoms with Gasteiger partial charge in [-0.3, -0.25) is 0 Å². The molecule has 17 heavy (non-hydrogen) atoms. The molecule has 0 aliphatic heterocycles. The summed E-state index contributed by atoms with van der Waals surface area (Å²) in [6.45, 7) is 1.15. The van der Waals surface area contributed by atoms with E-state index in [2.05, 4.69) is 5.32 Å². The minimum absolute atomic E-state index is 0.275. The lowest BCUT2D eigenvalue weighted by atomic mass is 10.1. The summed E-state index contributed by atoms with van der Waals surface area (Å²) >= 11 is 1.66. The Morgan fingerprint density at radius 2 is 2.18 bits per heavy atom. The minimum Gasteiger partial charge on any atom is -0.308 e. The van der Waals surface area contributed by atoms with E-state index in [1.807, 2.05) is 23.6 Å². The molecule has 0 fully saturated rings. The van der Waals surface area contributed by atoms with Gasteiger partial charge in [0.15, 0.2) is 0 Å². The Hall–Kier alpha value is -1.70. The average molecular weight is 246 g/mol. The summed E-state index contributed by atoms with van der Waals surface area (Å²) in [4.78, 5) is 1.21. The van der Waals surface area contributed by atoms with Gasteiger partial charge in [0.25, 0.3) is 0 Å². The first kappa shape index (κ1) is 11.8. The predicted molar refractivity (Wildman–Crippen MR) is 66.0 cm³/mol. The van der Waals surface area contributed by atoms with Crippen molar-refractivity contribution in [2.75, 3.05) is 0 Å². The van der Waals surface area contributed by atoms with Crippen LogP contribution in [0.4, 0.5) is 4.39 Å². The summed E-state index contributed by atoms with van der Waals surface area (Å²) in [7, 11) is 0. The predicted octanol–water partition coefficient (Wildman–Crippen LogP) is 3.05. The minimum atomic E-state index is -0.275. The molecule has 86 valence electrons. The van der Waals surface area contributed by atoms with Crippen molar-refractivity contribution >= 4 is 11.3 Å². The van der Waals surface area contributed by atoms with Crippen LogP contribution in [0.5, 0.6) is 0 Å². The van der Waals surface area contributed by atoms with Crippen LogP contribution in [0, 0.1) is 17.1 Å². The molecule has 2 rings (SSSR count). The zero-order chi connectivity index (χ0) is 12.1. The van der Waals surface area contributed by atoms with E-state index in [0.29, 0.717) is 24.2 Å². The van der Waals surface area contributed by atoms with Crippen LogP contribution in [0.3, 0.4) is 0 Å². The lowest BCUT2D eigenvalue weighted by molar-refractivity contribution is 0.589. The normalized spacial score (nSPS) is 10.1. The molecule has 0 saturated heterocycles. The first-order chi connectivity index (χ1) is 8.29. The van der Waals surface area contributed by atoms with Crippen molar-refractivity contribution in [2.45, 2.75) is 13.1 Å². The molecule has 0 bridgehead atoms. The maximum Gasteiger partial charge on any atom is 0.127 e. The quantitative estimate of drug-likeness (QED) is 0.900. The number of nitrogens with one attached hydrogen (secondary N) is 1. The van der Waals surface area contributed by atoms with Crippen LogP contribution in [0.25, 0.3) is 0 Å². The molecule has 0 saturated carbocycles. The van der Waals surface area contributed by atoms with Crippen molar-refractivity contribution < 1.29 is 4.39 Å². The molecule has 1 N–H and O–H groups in total. The van der Waals surface area contributed by atoms with E-state index in [1.54, 1.807) is 17.4 Å². The zero-order valence-corrected chi connectivity index (χ0v) is 9.93. The smallest absolute Gasteiger partial charge is 0.127 e. The highest BCUT2D eigenvalue weighted by Crippen LogP contribution is 2.11. The van der Waals surface area contributed by atoms with Gasteiger partial charge in [0.2, 0.25) is 0 Å². The average Bonchev–Trinajstić information content (AvgIpc) is 2.84. The van der Waals surface area contributed by atoms with Crippen LogP contribution >= 0.6 is 11.3 Å². The monoisotopic (exact) mass is 246 g/mol. The second-order valence-corrected chi connectivity index (χ2v) is 4.63. The van der Waals surface area contributed by atoms with Gasteiger partial charge in [0, 0.05) is 23.5 Å². The van der Waals surface area contributed by atoms with Gasteiger partial charge >= 0.3 is 0 Å². The number of hydrogen-bond donors (Lipinski definition) is 1. The first-order valence-electron chi connectivity index (χ1n) is 5.21. The number of nitrogens with zero attached hydrogens (tertiary/aromatic N) is 1. The van der Waals surface area contributed by atoms with Gasteiger partial charge in [0.1, 0.15) is 5.82 Å². The van der Waals surface area contributed by atoms with Crippen molar-refractivity contribution in [1.29, 1.82) is 5.26 Å².